The number of aliphatic hydroxyl groups excluding tert-OH is 1. The number of aryl methyl sites for hydroxylation is 2. The summed E-state index contributed by atoms with van der Waals surface area (Å²) in [5.41, 5.74) is 1.17. The smallest absolute Gasteiger partial charge is 0.103 e. The lowest BCUT2D eigenvalue weighted by atomic mass is 10.1. The van der Waals surface area contributed by atoms with Crippen LogP contribution in [0.3, 0.4) is 0 Å². The summed E-state index contributed by atoms with van der Waals surface area (Å²) < 4.78 is 5.22. The molecule has 1 unspecified atom stereocenters. The first-order chi connectivity index (χ1) is 7.27. The van der Waals surface area contributed by atoms with E-state index in [1.807, 2.05) is 30.5 Å². The van der Waals surface area contributed by atoms with Crippen molar-refractivity contribution in [2.45, 2.75) is 25.9 Å². The van der Waals surface area contributed by atoms with Crippen LogP contribution in [0.1, 0.15) is 28.7 Å². The fourth-order valence-electron chi connectivity index (χ4n) is 1.59. The van der Waals surface area contributed by atoms with E-state index in [0.29, 0.717) is 0 Å². The summed E-state index contributed by atoms with van der Waals surface area (Å²) in [6.45, 7) is 2.03. The standard InChI is InChI=1S/C12H14O2S/c1-9-6-8-15-12(9)11(13)5-4-10-3-2-7-14-10/h2-3,6-8,11,13H,4-5H2,1H3. The van der Waals surface area contributed by atoms with Crippen LogP contribution in [0, 0.1) is 6.92 Å². The van der Waals surface area contributed by atoms with Crippen molar-refractivity contribution in [3.63, 3.8) is 0 Å². The molecule has 2 aromatic heterocycles. The van der Waals surface area contributed by atoms with Gasteiger partial charge in [-0.05, 0) is 42.5 Å². The highest BCUT2D eigenvalue weighted by Gasteiger charge is 2.12. The normalized spacial score (nSPS) is 12.9. The molecule has 80 valence electrons. The molecule has 3 heteroatoms. The van der Waals surface area contributed by atoms with E-state index in [9.17, 15) is 5.11 Å². The van der Waals surface area contributed by atoms with E-state index in [4.69, 9.17) is 4.42 Å². The van der Waals surface area contributed by atoms with Crippen molar-refractivity contribution in [1.82, 2.24) is 0 Å². The van der Waals surface area contributed by atoms with Crippen LogP contribution >= 0.6 is 11.3 Å². The number of hydrogen-bond donors (Lipinski definition) is 1. The Kier molecular flexibility index (Phi) is 3.23. The molecule has 0 bridgehead atoms. The first kappa shape index (κ1) is 10.5. The van der Waals surface area contributed by atoms with Crippen LogP contribution in [0.2, 0.25) is 0 Å². The minimum Gasteiger partial charge on any atom is -0.469 e. The van der Waals surface area contributed by atoms with Gasteiger partial charge in [-0.2, -0.15) is 0 Å². The van der Waals surface area contributed by atoms with Crippen molar-refractivity contribution in [3.05, 3.63) is 46.0 Å². The first-order valence-corrected chi connectivity index (χ1v) is 5.90. The molecule has 0 aliphatic carbocycles. The molecule has 0 radical (unpaired) electrons. The van der Waals surface area contributed by atoms with E-state index >= 15 is 0 Å². The maximum atomic E-state index is 9.96. The Bertz CT molecular complexity index is 403. The van der Waals surface area contributed by atoms with Crippen LogP contribution in [0.25, 0.3) is 0 Å². The van der Waals surface area contributed by atoms with Gasteiger partial charge in [0, 0.05) is 11.3 Å². The Morgan fingerprint density at radius 1 is 1.47 bits per heavy atom. The molecule has 2 rings (SSSR count). The van der Waals surface area contributed by atoms with Crippen molar-refractivity contribution in [2.75, 3.05) is 0 Å². The average Bonchev–Trinajstić information content (AvgIpc) is 2.84. The van der Waals surface area contributed by atoms with E-state index in [1.54, 1.807) is 17.6 Å². The molecule has 2 heterocycles. The van der Waals surface area contributed by atoms with Crippen molar-refractivity contribution < 1.29 is 9.52 Å². The van der Waals surface area contributed by atoms with Gasteiger partial charge in [0.25, 0.3) is 0 Å². The van der Waals surface area contributed by atoms with Crippen LogP contribution in [0.15, 0.2) is 34.3 Å². The highest BCUT2D eigenvalue weighted by Crippen LogP contribution is 2.27. The molecule has 15 heavy (non-hydrogen) atoms. The van der Waals surface area contributed by atoms with E-state index in [1.165, 1.54) is 5.56 Å². The monoisotopic (exact) mass is 222 g/mol. The number of thiophene rings is 1. The Morgan fingerprint density at radius 3 is 2.93 bits per heavy atom. The lowest BCUT2D eigenvalue weighted by Crippen LogP contribution is -1.98. The summed E-state index contributed by atoms with van der Waals surface area (Å²) in [5, 5.41) is 12.0. The van der Waals surface area contributed by atoms with Crippen LogP contribution < -0.4 is 0 Å². The SMILES string of the molecule is Cc1ccsc1C(O)CCc1ccco1. The predicted molar refractivity (Wildman–Crippen MR) is 61.0 cm³/mol. The number of rotatable bonds is 4. The van der Waals surface area contributed by atoms with Gasteiger partial charge in [-0.3, -0.25) is 0 Å². The fraction of sp³-hybridized carbons (Fsp3) is 0.333. The predicted octanol–water partition coefficient (Wildman–Crippen LogP) is 3.32. The van der Waals surface area contributed by atoms with Gasteiger partial charge in [0.2, 0.25) is 0 Å². The molecule has 0 spiro atoms. The zero-order valence-electron chi connectivity index (χ0n) is 8.64. The largest absolute Gasteiger partial charge is 0.469 e. The van der Waals surface area contributed by atoms with Crippen molar-refractivity contribution in [2.24, 2.45) is 0 Å². The zero-order valence-corrected chi connectivity index (χ0v) is 9.46. The van der Waals surface area contributed by atoms with Crippen LogP contribution in [0.5, 0.6) is 0 Å². The summed E-state index contributed by atoms with van der Waals surface area (Å²) in [6.07, 6.45) is 2.80. The van der Waals surface area contributed by atoms with Crippen LogP contribution in [-0.4, -0.2) is 5.11 Å². The molecule has 0 aliphatic heterocycles. The Balaban J connectivity index is 1.93. The van der Waals surface area contributed by atoms with Gasteiger partial charge >= 0.3 is 0 Å². The number of aliphatic hydroxyl groups is 1. The van der Waals surface area contributed by atoms with Crippen molar-refractivity contribution in [3.8, 4) is 0 Å². The minimum absolute atomic E-state index is 0.366. The number of furan rings is 1. The van der Waals surface area contributed by atoms with E-state index in [0.717, 1.165) is 23.5 Å². The summed E-state index contributed by atoms with van der Waals surface area (Å²) in [4.78, 5) is 1.07. The first-order valence-electron chi connectivity index (χ1n) is 5.02. The van der Waals surface area contributed by atoms with E-state index < -0.39 is 0 Å². The second-order valence-electron chi connectivity index (χ2n) is 3.60. The van der Waals surface area contributed by atoms with Gasteiger partial charge in [0.15, 0.2) is 0 Å². The zero-order chi connectivity index (χ0) is 10.7. The highest BCUT2D eigenvalue weighted by molar-refractivity contribution is 7.10. The molecule has 0 fully saturated rings. The lowest BCUT2D eigenvalue weighted by molar-refractivity contribution is 0.168. The summed E-state index contributed by atoms with van der Waals surface area (Å²) in [5.74, 6) is 0.934. The van der Waals surface area contributed by atoms with Crippen LogP contribution in [0.4, 0.5) is 0 Å². The molecule has 2 nitrogen and oxygen atoms in total. The Hall–Kier alpha value is -1.06. The molecule has 0 amide bonds. The molecule has 1 N–H and O–H groups in total. The maximum absolute atomic E-state index is 9.96. The molecule has 2 aromatic rings. The number of hydrogen-bond acceptors (Lipinski definition) is 3. The second-order valence-corrected chi connectivity index (χ2v) is 4.55. The second kappa shape index (κ2) is 4.64. The van der Waals surface area contributed by atoms with Gasteiger partial charge in [-0.15, -0.1) is 11.3 Å². The molecule has 1 atom stereocenters. The average molecular weight is 222 g/mol. The Labute approximate surface area is 93.2 Å². The molecule has 0 saturated heterocycles. The van der Waals surface area contributed by atoms with Crippen molar-refractivity contribution >= 4 is 11.3 Å². The van der Waals surface area contributed by atoms with Crippen molar-refractivity contribution in [1.29, 1.82) is 0 Å². The Morgan fingerprint density at radius 2 is 2.33 bits per heavy atom. The quantitative estimate of drug-likeness (QED) is 0.861. The minimum atomic E-state index is -0.366. The maximum Gasteiger partial charge on any atom is 0.103 e. The summed E-state index contributed by atoms with van der Waals surface area (Å²) in [7, 11) is 0. The molecular formula is C12H14O2S. The molecule has 0 aromatic carbocycles. The van der Waals surface area contributed by atoms with E-state index in [2.05, 4.69) is 0 Å². The van der Waals surface area contributed by atoms with E-state index in [-0.39, 0.29) is 6.10 Å². The molecule has 0 saturated carbocycles. The van der Waals surface area contributed by atoms with Gasteiger partial charge < -0.3 is 9.52 Å². The van der Waals surface area contributed by atoms with Gasteiger partial charge in [-0.1, -0.05) is 0 Å². The summed E-state index contributed by atoms with van der Waals surface area (Å²) >= 11 is 1.61. The summed E-state index contributed by atoms with van der Waals surface area (Å²) in [6, 6.07) is 5.85. The lowest BCUT2D eigenvalue weighted by Gasteiger charge is -2.08. The third-order valence-electron chi connectivity index (χ3n) is 2.45. The van der Waals surface area contributed by atoms with Gasteiger partial charge in [0.05, 0.1) is 12.4 Å². The van der Waals surface area contributed by atoms with Gasteiger partial charge in [-0.25, -0.2) is 0 Å². The molecular weight excluding hydrogens is 208 g/mol. The molecule has 0 aliphatic rings. The third-order valence-corrected chi connectivity index (χ3v) is 3.57. The fourth-order valence-corrected chi connectivity index (χ4v) is 2.54. The van der Waals surface area contributed by atoms with Crippen LogP contribution in [-0.2, 0) is 6.42 Å². The van der Waals surface area contributed by atoms with Gasteiger partial charge in [0.1, 0.15) is 5.76 Å². The highest BCUT2D eigenvalue weighted by atomic mass is 32.1. The topological polar surface area (TPSA) is 33.4 Å². The third kappa shape index (κ3) is 2.49.